The van der Waals surface area contributed by atoms with Gasteiger partial charge in [0.1, 0.15) is 4.90 Å². The lowest BCUT2D eigenvalue weighted by atomic mass is 9.96. The Morgan fingerprint density at radius 2 is 2.20 bits per heavy atom. The molecule has 1 aliphatic heterocycles. The Kier molecular flexibility index (Phi) is 4.82. The summed E-state index contributed by atoms with van der Waals surface area (Å²) < 4.78 is 29.0. The molecule has 2 rings (SSSR count). The number of sulfonamides is 1. The Bertz CT molecular complexity index is 559. The van der Waals surface area contributed by atoms with Gasteiger partial charge in [0.25, 0.3) is 0 Å². The Hall–Kier alpha value is -0.920. The van der Waals surface area contributed by atoms with E-state index >= 15 is 0 Å². The van der Waals surface area contributed by atoms with E-state index in [-0.39, 0.29) is 0 Å². The molecule has 1 saturated heterocycles. The van der Waals surface area contributed by atoms with Crippen molar-refractivity contribution in [2.75, 3.05) is 19.6 Å². The molecule has 2 N–H and O–H groups in total. The van der Waals surface area contributed by atoms with Crippen molar-refractivity contribution in [1.82, 2.24) is 19.8 Å². The van der Waals surface area contributed by atoms with Crippen molar-refractivity contribution < 1.29 is 8.42 Å². The Balaban J connectivity index is 1.97. The summed E-state index contributed by atoms with van der Waals surface area (Å²) in [6, 6.07) is 0. The van der Waals surface area contributed by atoms with E-state index in [1.807, 2.05) is 0 Å². The van der Waals surface area contributed by atoms with Gasteiger partial charge in [0.05, 0.1) is 11.4 Å². The van der Waals surface area contributed by atoms with E-state index in [9.17, 15) is 8.42 Å². The van der Waals surface area contributed by atoms with Crippen LogP contribution in [0.5, 0.6) is 0 Å². The Morgan fingerprint density at radius 1 is 1.45 bits per heavy atom. The summed E-state index contributed by atoms with van der Waals surface area (Å²) in [4.78, 5) is 0.321. The van der Waals surface area contributed by atoms with Crippen molar-refractivity contribution in [3.05, 3.63) is 11.4 Å². The fourth-order valence-electron chi connectivity index (χ4n) is 2.78. The first-order valence-corrected chi connectivity index (χ1v) is 8.60. The summed E-state index contributed by atoms with van der Waals surface area (Å²) in [5.41, 5.74) is 1.23. The van der Waals surface area contributed by atoms with Gasteiger partial charge in [-0.15, -0.1) is 0 Å². The van der Waals surface area contributed by atoms with Gasteiger partial charge in [-0.1, -0.05) is 0 Å². The van der Waals surface area contributed by atoms with Gasteiger partial charge in [0, 0.05) is 13.6 Å². The number of piperidine rings is 1. The van der Waals surface area contributed by atoms with Gasteiger partial charge < -0.3 is 5.32 Å². The highest BCUT2D eigenvalue weighted by Gasteiger charge is 2.23. The van der Waals surface area contributed by atoms with Gasteiger partial charge in [0.2, 0.25) is 10.0 Å². The maximum absolute atomic E-state index is 12.3. The highest BCUT2D eigenvalue weighted by Crippen LogP contribution is 2.19. The molecule has 7 heteroatoms. The monoisotopic (exact) mass is 300 g/mol. The molecule has 0 saturated carbocycles. The molecule has 0 aliphatic carbocycles. The molecule has 20 heavy (non-hydrogen) atoms. The lowest BCUT2D eigenvalue weighted by Gasteiger charge is -2.22. The lowest BCUT2D eigenvalue weighted by Crippen LogP contribution is -2.33. The fourth-order valence-corrected chi connectivity index (χ4v) is 4.26. The van der Waals surface area contributed by atoms with Crippen LogP contribution in [-0.4, -0.2) is 37.8 Å². The van der Waals surface area contributed by atoms with E-state index in [0.717, 1.165) is 19.5 Å². The molecule has 1 aliphatic rings. The molecule has 2 heterocycles. The third kappa shape index (κ3) is 3.39. The summed E-state index contributed by atoms with van der Waals surface area (Å²) in [7, 11) is -1.70. The minimum absolute atomic E-state index is 0.321. The third-order valence-electron chi connectivity index (χ3n) is 3.95. The van der Waals surface area contributed by atoms with E-state index in [0.29, 0.717) is 28.7 Å². The molecule has 0 spiro atoms. The van der Waals surface area contributed by atoms with E-state index in [2.05, 4.69) is 15.1 Å². The summed E-state index contributed by atoms with van der Waals surface area (Å²) in [5.74, 6) is 0.572. The van der Waals surface area contributed by atoms with Gasteiger partial charge in [-0.3, -0.25) is 4.68 Å². The lowest BCUT2D eigenvalue weighted by molar-refractivity contribution is 0.358. The smallest absolute Gasteiger partial charge is 0.244 e. The molecule has 6 nitrogen and oxygen atoms in total. The normalized spacial score (nSPS) is 20.2. The van der Waals surface area contributed by atoms with Crippen molar-refractivity contribution in [2.24, 2.45) is 13.0 Å². The average Bonchev–Trinajstić information content (AvgIpc) is 2.64. The Morgan fingerprint density at radius 3 is 2.75 bits per heavy atom. The van der Waals surface area contributed by atoms with Crippen LogP contribution in [0.1, 0.15) is 30.7 Å². The quantitative estimate of drug-likeness (QED) is 0.839. The van der Waals surface area contributed by atoms with E-state index in [4.69, 9.17) is 0 Å². The summed E-state index contributed by atoms with van der Waals surface area (Å²) >= 11 is 0. The molecule has 0 unspecified atom stereocenters. The largest absolute Gasteiger partial charge is 0.316 e. The molecule has 1 fully saturated rings. The number of hydrogen-bond acceptors (Lipinski definition) is 4. The van der Waals surface area contributed by atoms with Crippen LogP contribution in [0, 0.1) is 19.8 Å². The number of aryl methyl sites for hydroxylation is 2. The predicted octanol–water partition coefficient (Wildman–Crippen LogP) is 0.705. The van der Waals surface area contributed by atoms with Crippen molar-refractivity contribution in [3.63, 3.8) is 0 Å². The van der Waals surface area contributed by atoms with Crippen LogP contribution < -0.4 is 10.0 Å². The first-order valence-electron chi connectivity index (χ1n) is 7.12. The van der Waals surface area contributed by atoms with E-state index in [1.54, 1.807) is 25.6 Å². The van der Waals surface area contributed by atoms with Crippen LogP contribution in [0.3, 0.4) is 0 Å². The van der Waals surface area contributed by atoms with Gasteiger partial charge in [-0.25, -0.2) is 13.1 Å². The first kappa shape index (κ1) is 15.5. The molecule has 1 aromatic heterocycles. The minimum atomic E-state index is -3.46. The predicted molar refractivity (Wildman–Crippen MR) is 78.1 cm³/mol. The van der Waals surface area contributed by atoms with Crippen molar-refractivity contribution in [2.45, 2.75) is 38.0 Å². The zero-order valence-corrected chi connectivity index (χ0v) is 13.3. The summed E-state index contributed by atoms with van der Waals surface area (Å²) in [6.45, 7) is 6.07. The summed E-state index contributed by atoms with van der Waals surface area (Å²) in [6.07, 6.45) is 3.24. The number of rotatable bonds is 5. The SMILES string of the molecule is Cc1nn(C)c(C)c1S(=O)(=O)NCC[C@@H]1CCCNC1. The van der Waals surface area contributed by atoms with Crippen LogP contribution in [-0.2, 0) is 17.1 Å². The summed E-state index contributed by atoms with van der Waals surface area (Å²) in [5, 5.41) is 7.51. The van der Waals surface area contributed by atoms with Gasteiger partial charge >= 0.3 is 0 Å². The molecule has 0 bridgehead atoms. The molecule has 0 radical (unpaired) electrons. The van der Waals surface area contributed by atoms with Crippen LogP contribution >= 0.6 is 0 Å². The number of nitrogens with one attached hydrogen (secondary N) is 2. The third-order valence-corrected chi connectivity index (χ3v) is 5.67. The first-order chi connectivity index (χ1) is 9.42. The van der Waals surface area contributed by atoms with Gasteiger partial charge in [0.15, 0.2) is 0 Å². The Labute approximate surface area is 121 Å². The van der Waals surface area contributed by atoms with E-state index in [1.165, 1.54) is 12.8 Å². The molecule has 0 aromatic carbocycles. The number of aromatic nitrogens is 2. The van der Waals surface area contributed by atoms with Crippen LogP contribution in [0.2, 0.25) is 0 Å². The van der Waals surface area contributed by atoms with Crippen molar-refractivity contribution in [3.8, 4) is 0 Å². The second kappa shape index (κ2) is 6.24. The maximum atomic E-state index is 12.3. The second-order valence-electron chi connectivity index (χ2n) is 5.52. The van der Waals surface area contributed by atoms with Gasteiger partial charge in [-0.05, 0) is 52.1 Å². The van der Waals surface area contributed by atoms with Crippen LogP contribution in [0.15, 0.2) is 4.90 Å². The topological polar surface area (TPSA) is 76.0 Å². The zero-order chi connectivity index (χ0) is 14.8. The van der Waals surface area contributed by atoms with Crippen molar-refractivity contribution in [1.29, 1.82) is 0 Å². The average molecular weight is 300 g/mol. The molecular weight excluding hydrogens is 276 g/mol. The number of hydrogen-bond donors (Lipinski definition) is 2. The molecule has 1 atom stereocenters. The zero-order valence-electron chi connectivity index (χ0n) is 12.4. The highest BCUT2D eigenvalue weighted by atomic mass is 32.2. The standard InChI is InChI=1S/C13H24N4O2S/c1-10-13(11(2)17(3)16-10)20(18,19)15-8-6-12-5-4-7-14-9-12/h12,14-15H,4-9H2,1-3H3/t12-/m0/s1. The van der Waals surface area contributed by atoms with Crippen molar-refractivity contribution >= 4 is 10.0 Å². The minimum Gasteiger partial charge on any atom is -0.316 e. The van der Waals surface area contributed by atoms with Crippen LogP contribution in [0.4, 0.5) is 0 Å². The molecule has 1 aromatic rings. The van der Waals surface area contributed by atoms with Gasteiger partial charge in [-0.2, -0.15) is 5.10 Å². The highest BCUT2D eigenvalue weighted by molar-refractivity contribution is 7.89. The number of nitrogens with zero attached hydrogens (tertiary/aromatic N) is 2. The van der Waals surface area contributed by atoms with E-state index < -0.39 is 10.0 Å². The molecule has 114 valence electrons. The maximum Gasteiger partial charge on any atom is 0.244 e. The second-order valence-corrected chi connectivity index (χ2v) is 7.23. The molecular formula is C13H24N4O2S. The molecule has 0 amide bonds. The van der Waals surface area contributed by atoms with Crippen LogP contribution in [0.25, 0.3) is 0 Å². The fraction of sp³-hybridized carbons (Fsp3) is 0.769.